The van der Waals surface area contributed by atoms with Crippen molar-refractivity contribution in [2.45, 2.75) is 57.5 Å². The number of rotatable bonds is 7. The molecule has 0 amide bonds. The predicted molar refractivity (Wildman–Crippen MR) is 82.3 cm³/mol. The highest BCUT2D eigenvalue weighted by Crippen LogP contribution is 2.29. The molecular formula is C17H27NO2. The number of benzene rings is 1. The highest BCUT2D eigenvalue weighted by Gasteiger charge is 2.22. The van der Waals surface area contributed by atoms with E-state index >= 15 is 0 Å². The fourth-order valence-corrected chi connectivity index (χ4v) is 3.17. The number of methoxy groups -OCH3 is 1. The number of aliphatic hydroxyl groups excluding tert-OH is 1. The molecule has 0 radical (unpaired) electrons. The van der Waals surface area contributed by atoms with E-state index in [2.05, 4.69) is 30.4 Å². The van der Waals surface area contributed by atoms with Crippen LogP contribution in [0.1, 0.15) is 43.7 Å². The Hall–Kier alpha value is -1.06. The van der Waals surface area contributed by atoms with Crippen LogP contribution in [-0.2, 0) is 12.8 Å². The lowest BCUT2D eigenvalue weighted by Crippen LogP contribution is -2.41. The molecule has 1 aliphatic rings. The lowest BCUT2D eigenvalue weighted by Gasteiger charge is -2.30. The zero-order chi connectivity index (χ0) is 14.4. The van der Waals surface area contributed by atoms with E-state index in [1.165, 1.54) is 17.5 Å². The van der Waals surface area contributed by atoms with Crippen LogP contribution >= 0.6 is 0 Å². The molecule has 20 heavy (non-hydrogen) atoms. The Morgan fingerprint density at radius 1 is 1.45 bits per heavy atom. The number of fused-ring (bicyclic) bond motifs is 1. The molecule has 2 unspecified atom stereocenters. The third-order valence-corrected chi connectivity index (χ3v) is 4.34. The monoisotopic (exact) mass is 277 g/mol. The summed E-state index contributed by atoms with van der Waals surface area (Å²) in [7, 11) is 1.75. The first kappa shape index (κ1) is 15.3. The van der Waals surface area contributed by atoms with E-state index in [-0.39, 0.29) is 0 Å². The van der Waals surface area contributed by atoms with Gasteiger partial charge in [-0.1, -0.05) is 19.1 Å². The quantitative estimate of drug-likeness (QED) is 0.805. The van der Waals surface area contributed by atoms with Crippen molar-refractivity contribution in [2.24, 2.45) is 0 Å². The van der Waals surface area contributed by atoms with Crippen LogP contribution in [0.25, 0.3) is 0 Å². The van der Waals surface area contributed by atoms with Gasteiger partial charge in [-0.3, -0.25) is 0 Å². The van der Waals surface area contributed by atoms with Crippen LogP contribution in [-0.4, -0.2) is 30.9 Å². The fraction of sp³-hybridized carbons (Fsp3) is 0.647. The SMILES string of the molecule is CCC(CCCO)NC1CCc2cccc(OC)c2C1. The normalized spacial score (nSPS) is 19.4. The van der Waals surface area contributed by atoms with Gasteiger partial charge >= 0.3 is 0 Å². The van der Waals surface area contributed by atoms with E-state index in [1.807, 2.05) is 0 Å². The lowest BCUT2D eigenvalue weighted by atomic mass is 9.87. The molecule has 0 bridgehead atoms. The van der Waals surface area contributed by atoms with Crippen molar-refractivity contribution in [3.8, 4) is 5.75 Å². The molecule has 0 heterocycles. The van der Waals surface area contributed by atoms with Crippen molar-refractivity contribution in [2.75, 3.05) is 13.7 Å². The Morgan fingerprint density at radius 3 is 3.00 bits per heavy atom. The minimum Gasteiger partial charge on any atom is -0.496 e. The average Bonchev–Trinajstić information content (AvgIpc) is 2.50. The minimum atomic E-state index is 0.291. The summed E-state index contributed by atoms with van der Waals surface area (Å²) < 4.78 is 5.50. The van der Waals surface area contributed by atoms with Crippen LogP contribution in [0.3, 0.4) is 0 Å². The van der Waals surface area contributed by atoms with Crippen LogP contribution in [0, 0.1) is 0 Å². The second-order valence-corrected chi connectivity index (χ2v) is 5.68. The van der Waals surface area contributed by atoms with Gasteiger partial charge in [0.1, 0.15) is 5.75 Å². The van der Waals surface area contributed by atoms with E-state index < -0.39 is 0 Å². The number of hydrogen-bond donors (Lipinski definition) is 2. The largest absolute Gasteiger partial charge is 0.496 e. The summed E-state index contributed by atoms with van der Waals surface area (Å²) in [5.74, 6) is 1.03. The third kappa shape index (κ3) is 3.74. The van der Waals surface area contributed by atoms with Gasteiger partial charge in [0.2, 0.25) is 0 Å². The van der Waals surface area contributed by atoms with Gasteiger partial charge in [-0.15, -0.1) is 0 Å². The third-order valence-electron chi connectivity index (χ3n) is 4.34. The first-order chi connectivity index (χ1) is 9.78. The van der Waals surface area contributed by atoms with Gasteiger partial charge in [-0.25, -0.2) is 0 Å². The standard InChI is InChI=1S/C17H27NO2/c1-3-14(7-5-11-19)18-15-10-9-13-6-4-8-17(20-2)16(13)12-15/h4,6,8,14-15,18-19H,3,5,7,9-12H2,1-2H3. The summed E-state index contributed by atoms with van der Waals surface area (Å²) in [5, 5.41) is 12.7. The van der Waals surface area contributed by atoms with Crippen LogP contribution in [0.4, 0.5) is 0 Å². The van der Waals surface area contributed by atoms with E-state index in [1.54, 1.807) is 7.11 Å². The van der Waals surface area contributed by atoms with E-state index in [0.717, 1.165) is 37.9 Å². The van der Waals surface area contributed by atoms with Crippen molar-refractivity contribution in [3.05, 3.63) is 29.3 Å². The minimum absolute atomic E-state index is 0.291. The van der Waals surface area contributed by atoms with Gasteiger partial charge < -0.3 is 15.2 Å². The van der Waals surface area contributed by atoms with Crippen molar-refractivity contribution in [3.63, 3.8) is 0 Å². The van der Waals surface area contributed by atoms with Gasteiger partial charge in [-0.2, -0.15) is 0 Å². The number of hydrogen-bond acceptors (Lipinski definition) is 3. The van der Waals surface area contributed by atoms with Crippen LogP contribution in [0.2, 0.25) is 0 Å². The Bertz CT molecular complexity index is 405. The maximum absolute atomic E-state index is 8.97. The lowest BCUT2D eigenvalue weighted by molar-refractivity contribution is 0.267. The van der Waals surface area contributed by atoms with Gasteiger partial charge in [-0.05, 0) is 55.7 Å². The number of aliphatic hydroxyl groups is 1. The molecule has 112 valence electrons. The molecule has 0 fully saturated rings. The summed E-state index contributed by atoms with van der Waals surface area (Å²) in [4.78, 5) is 0. The van der Waals surface area contributed by atoms with Crippen molar-refractivity contribution in [1.82, 2.24) is 5.32 Å². The maximum atomic E-state index is 8.97. The number of ether oxygens (including phenoxy) is 1. The zero-order valence-corrected chi connectivity index (χ0v) is 12.7. The molecule has 2 N–H and O–H groups in total. The Morgan fingerprint density at radius 2 is 2.30 bits per heavy atom. The summed E-state index contributed by atoms with van der Waals surface area (Å²) in [6.07, 6.45) is 6.43. The summed E-state index contributed by atoms with van der Waals surface area (Å²) >= 11 is 0. The molecular weight excluding hydrogens is 250 g/mol. The van der Waals surface area contributed by atoms with Crippen LogP contribution in [0.5, 0.6) is 5.75 Å². The van der Waals surface area contributed by atoms with Crippen molar-refractivity contribution in [1.29, 1.82) is 0 Å². The molecule has 2 rings (SSSR count). The number of aryl methyl sites for hydroxylation is 1. The fourth-order valence-electron chi connectivity index (χ4n) is 3.17. The second kappa shape index (κ2) is 7.65. The van der Waals surface area contributed by atoms with Gasteiger partial charge in [0, 0.05) is 18.7 Å². The molecule has 0 saturated carbocycles. The topological polar surface area (TPSA) is 41.5 Å². The highest BCUT2D eigenvalue weighted by atomic mass is 16.5. The smallest absolute Gasteiger partial charge is 0.122 e. The first-order valence-corrected chi connectivity index (χ1v) is 7.80. The molecule has 1 aromatic carbocycles. The van der Waals surface area contributed by atoms with Crippen LogP contribution < -0.4 is 10.1 Å². The molecule has 3 nitrogen and oxygen atoms in total. The maximum Gasteiger partial charge on any atom is 0.122 e. The van der Waals surface area contributed by atoms with Gasteiger partial charge in [0.25, 0.3) is 0 Å². The second-order valence-electron chi connectivity index (χ2n) is 5.68. The van der Waals surface area contributed by atoms with Gasteiger partial charge in [0.05, 0.1) is 7.11 Å². The Balaban J connectivity index is 1.99. The first-order valence-electron chi connectivity index (χ1n) is 7.80. The Labute approximate surface area is 122 Å². The zero-order valence-electron chi connectivity index (χ0n) is 12.7. The summed E-state index contributed by atoms with van der Waals surface area (Å²) in [5.41, 5.74) is 2.81. The average molecular weight is 277 g/mol. The summed E-state index contributed by atoms with van der Waals surface area (Å²) in [6.45, 7) is 2.51. The van der Waals surface area contributed by atoms with E-state index in [9.17, 15) is 0 Å². The molecule has 0 aromatic heterocycles. The molecule has 3 heteroatoms. The Kier molecular flexibility index (Phi) is 5.86. The molecule has 1 aliphatic carbocycles. The molecule has 0 aliphatic heterocycles. The molecule has 0 saturated heterocycles. The molecule has 2 atom stereocenters. The van der Waals surface area contributed by atoms with Crippen molar-refractivity contribution < 1.29 is 9.84 Å². The van der Waals surface area contributed by atoms with Gasteiger partial charge in [0.15, 0.2) is 0 Å². The van der Waals surface area contributed by atoms with E-state index in [0.29, 0.717) is 18.7 Å². The van der Waals surface area contributed by atoms with Crippen LogP contribution in [0.15, 0.2) is 18.2 Å². The van der Waals surface area contributed by atoms with Crippen molar-refractivity contribution >= 4 is 0 Å². The predicted octanol–water partition coefficient (Wildman–Crippen LogP) is 2.69. The summed E-state index contributed by atoms with van der Waals surface area (Å²) in [6, 6.07) is 7.41. The molecule has 0 spiro atoms. The highest BCUT2D eigenvalue weighted by molar-refractivity contribution is 5.42. The number of nitrogens with one attached hydrogen (secondary N) is 1. The molecule has 1 aromatic rings. The van der Waals surface area contributed by atoms with E-state index in [4.69, 9.17) is 9.84 Å².